The molecule has 6 heteroatoms. The Kier molecular flexibility index (Phi) is 3.16. The molecule has 0 amide bonds. The fraction of sp³-hybridized carbons (Fsp3) is 0.231. The Labute approximate surface area is 110 Å². The van der Waals surface area contributed by atoms with Crippen LogP contribution in [0, 0.1) is 0 Å². The van der Waals surface area contributed by atoms with Gasteiger partial charge in [0.2, 0.25) is 0 Å². The van der Waals surface area contributed by atoms with Gasteiger partial charge in [0.05, 0.1) is 5.69 Å². The summed E-state index contributed by atoms with van der Waals surface area (Å²) in [5.41, 5.74) is 1.96. The van der Waals surface area contributed by atoms with Crippen LogP contribution < -0.4 is 4.90 Å². The first-order valence-electron chi connectivity index (χ1n) is 5.68. The number of aromatic nitrogens is 2. The Morgan fingerprint density at radius 1 is 1.32 bits per heavy atom. The second-order valence-electron chi connectivity index (χ2n) is 4.44. The number of phenolic OH excluding ortho intramolecular Hbond substituents is 1. The smallest absolute Gasteiger partial charge is 0.356 e. The van der Waals surface area contributed by atoms with E-state index in [1.54, 1.807) is 25.2 Å². The van der Waals surface area contributed by atoms with Gasteiger partial charge in [-0.2, -0.15) is 5.10 Å². The third-order valence-electron chi connectivity index (χ3n) is 2.87. The van der Waals surface area contributed by atoms with Crippen molar-refractivity contribution < 1.29 is 15.0 Å². The molecule has 100 valence electrons. The molecule has 1 heterocycles. The zero-order valence-electron chi connectivity index (χ0n) is 11.0. The molecule has 0 saturated heterocycles. The van der Waals surface area contributed by atoms with Gasteiger partial charge in [0.15, 0.2) is 5.69 Å². The highest BCUT2D eigenvalue weighted by atomic mass is 16.4. The molecule has 0 atom stereocenters. The molecular formula is C13H15N3O3. The summed E-state index contributed by atoms with van der Waals surface area (Å²) in [6, 6.07) is 6.60. The first-order valence-corrected chi connectivity index (χ1v) is 5.68. The highest BCUT2D eigenvalue weighted by Gasteiger charge is 2.15. The molecule has 6 nitrogen and oxygen atoms in total. The van der Waals surface area contributed by atoms with Crippen LogP contribution in [0.25, 0.3) is 11.3 Å². The van der Waals surface area contributed by atoms with Gasteiger partial charge >= 0.3 is 5.97 Å². The minimum Gasteiger partial charge on any atom is -0.507 e. The number of benzene rings is 1. The Balaban J connectivity index is 2.57. The van der Waals surface area contributed by atoms with E-state index in [4.69, 9.17) is 5.11 Å². The van der Waals surface area contributed by atoms with Crippen LogP contribution in [-0.4, -0.2) is 40.1 Å². The van der Waals surface area contributed by atoms with Crippen LogP contribution in [-0.2, 0) is 7.05 Å². The minimum atomic E-state index is -1.09. The van der Waals surface area contributed by atoms with Crippen LogP contribution in [0.5, 0.6) is 5.75 Å². The van der Waals surface area contributed by atoms with E-state index >= 15 is 0 Å². The predicted octanol–water partition coefficient (Wildman–Crippen LogP) is 1.56. The quantitative estimate of drug-likeness (QED) is 0.876. The number of aromatic carboxylic acids is 1. The van der Waals surface area contributed by atoms with E-state index < -0.39 is 5.97 Å². The lowest BCUT2D eigenvalue weighted by Crippen LogP contribution is -2.08. The molecule has 0 aliphatic heterocycles. The number of hydrogen-bond acceptors (Lipinski definition) is 4. The average molecular weight is 261 g/mol. The molecule has 0 radical (unpaired) electrons. The normalized spacial score (nSPS) is 10.5. The van der Waals surface area contributed by atoms with Crippen LogP contribution in [0.3, 0.4) is 0 Å². The number of rotatable bonds is 3. The molecule has 0 spiro atoms. The van der Waals surface area contributed by atoms with E-state index in [2.05, 4.69) is 5.10 Å². The van der Waals surface area contributed by atoms with Crippen molar-refractivity contribution in [2.24, 2.45) is 7.05 Å². The molecule has 0 unspecified atom stereocenters. The lowest BCUT2D eigenvalue weighted by Gasteiger charge is -2.14. The molecule has 0 bridgehead atoms. The zero-order valence-corrected chi connectivity index (χ0v) is 11.0. The van der Waals surface area contributed by atoms with Crippen molar-refractivity contribution in [2.45, 2.75) is 0 Å². The van der Waals surface area contributed by atoms with Crippen molar-refractivity contribution >= 4 is 11.7 Å². The summed E-state index contributed by atoms with van der Waals surface area (Å²) in [6.07, 6.45) is 0. The number of anilines is 1. The van der Waals surface area contributed by atoms with E-state index in [9.17, 15) is 9.90 Å². The molecule has 19 heavy (non-hydrogen) atoms. The number of phenols is 1. The molecular weight excluding hydrogens is 246 g/mol. The maximum Gasteiger partial charge on any atom is 0.356 e. The largest absolute Gasteiger partial charge is 0.507 e. The monoisotopic (exact) mass is 261 g/mol. The van der Waals surface area contributed by atoms with E-state index in [1.165, 1.54) is 10.7 Å². The van der Waals surface area contributed by atoms with Gasteiger partial charge in [-0.1, -0.05) is 0 Å². The standard InChI is InChI=1S/C13H15N3O3/c1-15(2)8-4-5-12(17)9(6-8)11-7-10(13(18)19)14-16(11)3/h4-7,17H,1-3H3,(H,18,19). The summed E-state index contributed by atoms with van der Waals surface area (Å²) in [5.74, 6) is -1.00. The van der Waals surface area contributed by atoms with Gasteiger partial charge in [-0.25, -0.2) is 4.79 Å². The van der Waals surface area contributed by atoms with Crippen molar-refractivity contribution in [3.8, 4) is 17.0 Å². The first-order chi connectivity index (χ1) is 8.90. The lowest BCUT2D eigenvalue weighted by molar-refractivity contribution is 0.0689. The number of carboxylic acids is 1. The van der Waals surface area contributed by atoms with Crippen molar-refractivity contribution in [2.75, 3.05) is 19.0 Å². The molecule has 2 rings (SSSR count). The van der Waals surface area contributed by atoms with Crippen LogP contribution in [0.15, 0.2) is 24.3 Å². The fourth-order valence-electron chi connectivity index (χ4n) is 1.83. The van der Waals surface area contributed by atoms with Crippen molar-refractivity contribution in [3.05, 3.63) is 30.0 Å². The third kappa shape index (κ3) is 2.37. The van der Waals surface area contributed by atoms with E-state index in [-0.39, 0.29) is 11.4 Å². The molecule has 0 saturated carbocycles. The van der Waals surface area contributed by atoms with Gasteiger partial charge in [-0.05, 0) is 24.3 Å². The van der Waals surface area contributed by atoms with Crippen molar-refractivity contribution in [1.29, 1.82) is 0 Å². The predicted molar refractivity (Wildman–Crippen MR) is 71.6 cm³/mol. The average Bonchev–Trinajstić information content (AvgIpc) is 2.72. The van der Waals surface area contributed by atoms with Gasteiger partial charge in [0.1, 0.15) is 5.75 Å². The van der Waals surface area contributed by atoms with Gasteiger partial charge in [-0.3, -0.25) is 4.68 Å². The summed E-state index contributed by atoms with van der Waals surface area (Å²) >= 11 is 0. The molecule has 2 aromatic rings. The van der Waals surface area contributed by atoms with E-state index in [1.807, 2.05) is 19.0 Å². The van der Waals surface area contributed by atoms with Gasteiger partial charge in [-0.15, -0.1) is 0 Å². The van der Waals surface area contributed by atoms with Gasteiger partial charge < -0.3 is 15.1 Å². The maximum absolute atomic E-state index is 10.9. The molecule has 0 aliphatic carbocycles. The Morgan fingerprint density at radius 2 is 2.00 bits per heavy atom. The number of nitrogens with zero attached hydrogens (tertiary/aromatic N) is 3. The van der Waals surface area contributed by atoms with Crippen LogP contribution in [0.1, 0.15) is 10.5 Å². The minimum absolute atomic E-state index is 0.0489. The third-order valence-corrected chi connectivity index (χ3v) is 2.87. The number of hydrogen-bond donors (Lipinski definition) is 2. The lowest BCUT2D eigenvalue weighted by atomic mass is 10.1. The van der Waals surface area contributed by atoms with E-state index in [0.29, 0.717) is 11.3 Å². The summed E-state index contributed by atoms with van der Waals surface area (Å²) in [7, 11) is 5.42. The molecule has 0 fully saturated rings. The molecule has 2 N–H and O–H groups in total. The second-order valence-corrected chi connectivity index (χ2v) is 4.44. The van der Waals surface area contributed by atoms with Crippen LogP contribution in [0.4, 0.5) is 5.69 Å². The SMILES string of the molecule is CN(C)c1ccc(O)c(-c2cc(C(=O)O)nn2C)c1. The van der Waals surface area contributed by atoms with Crippen molar-refractivity contribution in [3.63, 3.8) is 0 Å². The summed E-state index contributed by atoms with van der Waals surface area (Å²) in [4.78, 5) is 12.8. The highest BCUT2D eigenvalue weighted by molar-refractivity contribution is 5.87. The molecule has 1 aromatic heterocycles. The van der Waals surface area contributed by atoms with E-state index in [0.717, 1.165) is 5.69 Å². The van der Waals surface area contributed by atoms with Crippen LogP contribution in [0.2, 0.25) is 0 Å². The second kappa shape index (κ2) is 4.64. The van der Waals surface area contributed by atoms with Gasteiger partial charge in [0.25, 0.3) is 0 Å². The Hall–Kier alpha value is -2.50. The summed E-state index contributed by atoms with van der Waals surface area (Å²) < 4.78 is 1.44. The number of aromatic hydroxyl groups is 1. The molecule has 1 aromatic carbocycles. The fourth-order valence-corrected chi connectivity index (χ4v) is 1.83. The highest BCUT2D eigenvalue weighted by Crippen LogP contribution is 2.32. The molecule has 0 aliphatic rings. The first kappa shape index (κ1) is 12.9. The zero-order chi connectivity index (χ0) is 14.2. The van der Waals surface area contributed by atoms with Gasteiger partial charge in [0, 0.05) is 32.4 Å². The van der Waals surface area contributed by atoms with Crippen molar-refractivity contribution in [1.82, 2.24) is 9.78 Å². The van der Waals surface area contributed by atoms with Crippen LogP contribution >= 0.6 is 0 Å². The topological polar surface area (TPSA) is 78.6 Å². The summed E-state index contributed by atoms with van der Waals surface area (Å²) in [5, 5.41) is 22.8. The summed E-state index contributed by atoms with van der Waals surface area (Å²) in [6.45, 7) is 0. The maximum atomic E-state index is 10.9. The number of carbonyl (C=O) groups is 1. The Morgan fingerprint density at radius 3 is 2.53 bits per heavy atom. The number of aryl methyl sites for hydroxylation is 1. The Bertz CT molecular complexity index is 632. The number of carboxylic acid groups (broad SMARTS) is 1.